The van der Waals surface area contributed by atoms with Gasteiger partial charge in [0.1, 0.15) is 0 Å². The first kappa shape index (κ1) is 26.6. The maximum Gasteiger partial charge on any atom is 0.0963 e. The Morgan fingerprint density at radius 2 is 1.36 bits per heavy atom. The highest BCUT2D eigenvalue weighted by molar-refractivity contribution is 6.13. The fraction of sp³-hybridized carbons (Fsp3) is 0.0244. The molecule has 5 aromatic carbocycles. The molecule has 0 saturated carbocycles. The van der Waals surface area contributed by atoms with Crippen molar-refractivity contribution in [2.75, 3.05) is 0 Å². The van der Waals surface area contributed by atoms with E-state index < -0.39 is 0 Å². The number of aromatic nitrogens is 3. The fourth-order valence-electron chi connectivity index (χ4n) is 6.46. The highest BCUT2D eigenvalue weighted by Gasteiger charge is 2.15. The molecule has 3 heterocycles. The average Bonchev–Trinajstić information content (AvgIpc) is 3.44. The average molecular weight is 579 g/mol. The second-order valence-electron chi connectivity index (χ2n) is 11.2. The summed E-state index contributed by atoms with van der Waals surface area (Å²) in [7, 11) is 0. The summed E-state index contributed by atoms with van der Waals surface area (Å²) in [6.07, 6.45) is 10.0. The zero-order valence-corrected chi connectivity index (χ0v) is 24.6. The summed E-state index contributed by atoms with van der Waals surface area (Å²) in [4.78, 5) is 9.89. The molecular formula is C41H30N4. The van der Waals surface area contributed by atoms with Crippen molar-refractivity contribution in [2.24, 2.45) is 5.73 Å². The third-order valence-corrected chi connectivity index (χ3v) is 8.49. The standard InChI is InChI=1S/C41H30N4/c42-23-9-1-2-12-31-25-30(27-38(44-31)37-26-29-11-3-4-13-33(29)34-14-5-6-15-35(34)37)28-19-21-32(22-20-28)45-39-17-8-7-16-36(39)41-40(45)18-10-24-43-41/h1-11,13-27H,12,42H2/b2-1-,23-9-. The topological polar surface area (TPSA) is 56.7 Å². The van der Waals surface area contributed by atoms with Crippen LogP contribution in [0.2, 0.25) is 0 Å². The molecule has 2 N–H and O–H groups in total. The van der Waals surface area contributed by atoms with E-state index in [-0.39, 0.29) is 0 Å². The smallest absolute Gasteiger partial charge is 0.0963 e. The monoisotopic (exact) mass is 578 g/mol. The lowest BCUT2D eigenvalue weighted by Crippen LogP contribution is -1.96. The number of pyridine rings is 2. The second kappa shape index (κ2) is 11.3. The van der Waals surface area contributed by atoms with Gasteiger partial charge in [-0.1, -0.05) is 91.0 Å². The predicted octanol–water partition coefficient (Wildman–Crippen LogP) is 9.79. The molecule has 0 bridgehead atoms. The number of allylic oxidation sites excluding steroid dienone is 3. The molecule has 45 heavy (non-hydrogen) atoms. The Labute approximate surface area is 261 Å². The van der Waals surface area contributed by atoms with Gasteiger partial charge in [-0.2, -0.15) is 0 Å². The minimum absolute atomic E-state index is 0.698. The molecule has 0 fully saturated rings. The summed E-state index contributed by atoms with van der Waals surface area (Å²) >= 11 is 0. The number of rotatable bonds is 6. The van der Waals surface area contributed by atoms with Gasteiger partial charge in [0.25, 0.3) is 0 Å². The lowest BCUT2D eigenvalue weighted by atomic mass is 9.94. The van der Waals surface area contributed by atoms with E-state index in [1.54, 1.807) is 6.20 Å². The maximum absolute atomic E-state index is 5.56. The molecule has 0 aliphatic rings. The summed E-state index contributed by atoms with van der Waals surface area (Å²) in [5.74, 6) is 0. The van der Waals surface area contributed by atoms with Crippen molar-refractivity contribution in [3.63, 3.8) is 0 Å². The zero-order valence-electron chi connectivity index (χ0n) is 24.6. The van der Waals surface area contributed by atoms with Gasteiger partial charge >= 0.3 is 0 Å². The molecule has 0 amide bonds. The summed E-state index contributed by atoms with van der Waals surface area (Å²) < 4.78 is 2.29. The second-order valence-corrected chi connectivity index (χ2v) is 11.2. The zero-order chi connectivity index (χ0) is 30.2. The lowest BCUT2D eigenvalue weighted by molar-refractivity contribution is 1.12. The van der Waals surface area contributed by atoms with E-state index in [0.29, 0.717) is 6.42 Å². The lowest BCUT2D eigenvalue weighted by Gasteiger charge is -2.14. The Morgan fingerprint density at radius 1 is 0.622 bits per heavy atom. The van der Waals surface area contributed by atoms with Crippen molar-refractivity contribution in [3.05, 3.63) is 164 Å². The molecular weight excluding hydrogens is 548 g/mol. The number of nitrogens with zero attached hydrogens (tertiary/aromatic N) is 3. The van der Waals surface area contributed by atoms with Crippen LogP contribution in [0.15, 0.2) is 158 Å². The van der Waals surface area contributed by atoms with Crippen LogP contribution < -0.4 is 5.73 Å². The van der Waals surface area contributed by atoms with Crippen molar-refractivity contribution in [1.82, 2.24) is 14.5 Å². The highest BCUT2D eigenvalue weighted by atomic mass is 15.0. The van der Waals surface area contributed by atoms with Crippen molar-refractivity contribution in [1.29, 1.82) is 0 Å². The van der Waals surface area contributed by atoms with E-state index >= 15 is 0 Å². The quantitative estimate of drug-likeness (QED) is 0.158. The number of nitrogens with two attached hydrogens (primary N) is 1. The van der Waals surface area contributed by atoms with Crippen molar-refractivity contribution >= 4 is 43.5 Å². The summed E-state index contributed by atoms with van der Waals surface area (Å²) in [5.41, 5.74) is 15.3. The first-order valence-corrected chi connectivity index (χ1v) is 15.2. The fourth-order valence-corrected chi connectivity index (χ4v) is 6.46. The molecule has 214 valence electrons. The van der Waals surface area contributed by atoms with E-state index in [1.165, 1.54) is 21.5 Å². The molecule has 8 rings (SSSR count). The van der Waals surface area contributed by atoms with Crippen LogP contribution in [0.25, 0.3) is 71.6 Å². The van der Waals surface area contributed by atoms with E-state index in [2.05, 4.69) is 132 Å². The van der Waals surface area contributed by atoms with Crippen LogP contribution in [-0.2, 0) is 6.42 Å². The van der Waals surface area contributed by atoms with Gasteiger partial charge in [0.2, 0.25) is 0 Å². The van der Waals surface area contributed by atoms with E-state index in [9.17, 15) is 0 Å². The number of para-hydroxylation sites is 1. The number of fused-ring (bicyclic) bond motifs is 6. The molecule has 0 radical (unpaired) electrons. The van der Waals surface area contributed by atoms with Crippen LogP contribution >= 0.6 is 0 Å². The molecule has 4 nitrogen and oxygen atoms in total. The van der Waals surface area contributed by atoms with Crippen molar-refractivity contribution in [2.45, 2.75) is 6.42 Å². The van der Waals surface area contributed by atoms with Crippen LogP contribution in [0.3, 0.4) is 0 Å². The first-order valence-electron chi connectivity index (χ1n) is 15.2. The van der Waals surface area contributed by atoms with Gasteiger partial charge in [0.15, 0.2) is 0 Å². The first-order chi connectivity index (χ1) is 22.3. The number of benzene rings is 5. The molecule has 0 unspecified atom stereocenters. The highest BCUT2D eigenvalue weighted by Crippen LogP contribution is 2.37. The van der Waals surface area contributed by atoms with Gasteiger partial charge in [-0.15, -0.1) is 0 Å². The normalized spacial score (nSPS) is 12.0. The molecule has 4 heteroatoms. The summed E-state index contributed by atoms with van der Waals surface area (Å²) in [6.45, 7) is 0. The van der Waals surface area contributed by atoms with Gasteiger partial charge in [-0.25, -0.2) is 0 Å². The maximum atomic E-state index is 5.56. The Balaban J connectivity index is 1.28. The largest absolute Gasteiger partial charge is 0.405 e. The van der Waals surface area contributed by atoms with Crippen molar-refractivity contribution < 1.29 is 0 Å². The third kappa shape index (κ3) is 4.73. The van der Waals surface area contributed by atoms with Crippen LogP contribution in [-0.4, -0.2) is 14.5 Å². The minimum atomic E-state index is 0.698. The molecule has 3 aromatic heterocycles. The van der Waals surface area contributed by atoms with Crippen LogP contribution in [0, 0.1) is 0 Å². The Bertz CT molecular complexity index is 2360. The molecule has 0 aliphatic carbocycles. The van der Waals surface area contributed by atoms with Gasteiger partial charge < -0.3 is 10.3 Å². The van der Waals surface area contributed by atoms with E-state index in [0.717, 1.165) is 55.7 Å². The van der Waals surface area contributed by atoms with Gasteiger partial charge in [-0.05, 0) is 93.5 Å². The van der Waals surface area contributed by atoms with Crippen LogP contribution in [0.5, 0.6) is 0 Å². The molecule has 8 aromatic rings. The molecule has 0 atom stereocenters. The van der Waals surface area contributed by atoms with Crippen LogP contribution in [0.4, 0.5) is 0 Å². The Kier molecular flexibility index (Phi) is 6.65. The van der Waals surface area contributed by atoms with Crippen molar-refractivity contribution in [3.8, 4) is 28.1 Å². The summed E-state index contributed by atoms with van der Waals surface area (Å²) in [6, 6.07) is 45.3. The Morgan fingerprint density at radius 3 is 2.20 bits per heavy atom. The van der Waals surface area contributed by atoms with E-state index in [1.807, 2.05) is 24.4 Å². The Hall–Kier alpha value is -6.00. The number of hydrogen-bond donors (Lipinski definition) is 1. The van der Waals surface area contributed by atoms with Gasteiger partial charge in [0.05, 0.1) is 22.2 Å². The number of hydrogen-bond acceptors (Lipinski definition) is 3. The molecule has 0 aliphatic heterocycles. The van der Waals surface area contributed by atoms with Gasteiger partial charge in [-0.3, -0.25) is 9.97 Å². The SMILES string of the molecule is N/C=C\C=C/Cc1cc(-c2ccc(-n3c4ccccc4c4ncccc43)cc2)cc(-c2cc3ccccc3c3ccccc23)n1. The third-order valence-electron chi connectivity index (χ3n) is 8.49. The summed E-state index contributed by atoms with van der Waals surface area (Å²) in [5, 5.41) is 6.04. The van der Waals surface area contributed by atoms with Gasteiger partial charge in [0, 0.05) is 34.9 Å². The van der Waals surface area contributed by atoms with Crippen LogP contribution in [0.1, 0.15) is 5.69 Å². The van der Waals surface area contributed by atoms with E-state index in [4.69, 9.17) is 15.7 Å². The molecule has 0 saturated heterocycles. The predicted molar refractivity (Wildman–Crippen MR) is 188 cm³/mol. The molecule has 0 spiro atoms. The minimum Gasteiger partial charge on any atom is -0.405 e.